The van der Waals surface area contributed by atoms with Crippen molar-refractivity contribution in [1.29, 1.82) is 0 Å². The van der Waals surface area contributed by atoms with Crippen molar-refractivity contribution in [3.05, 3.63) is 47.6 Å². The van der Waals surface area contributed by atoms with Crippen LogP contribution in [0.1, 0.15) is 30.4 Å². The van der Waals surface area contributed by atoms with Crippen molar-refractivity contribution in [3.63, 3.8) is 0 Å². The van der Waals surface area contributed by atoms with Crippen molar-refractivity contribution >= 4 is 0 Å². The van der Waals surface area contributed by atoms with Crippen LogP contribution in [0, 0.1) is 13.8 Å². The highest BCUT2D eigenvalue weighted by Crippen LogP contribution is 2.31. The zero-order chi connectivity index (χ0) is 17.8. The van der Waals surface area contributed by atoms with E-state index >= 15 is 0 Å². The molecule has 6 heteroatoms. The minimum atomic E-state index is 0.141. The molecule has 0 bridgehead atoms. The summed E-state index contributed by atoms with van der Waals surface area (Å²) in [6.45, 7) is 7.15. The summed E-state index contributed by atoms with van der Waals surface area (Å²) in [4.78, 5) is 4.46. The van der Waals surface area contributed by atoms with Crippen molar-refractivity contribution in [2.45, 2.75) is 40.2 Å². The van der Waals surface area contributed by atoms with Crippen LogP contribution in [0.15, 0.2) is 35.1 Å². The van der Waals surface area contributed by atoms with Crippen LogP contribution in [0.2, 0.25) is 0 Å². The minimum absolute atomic E-state index is 0.141. The number of hydrogen-bond acceptors (Lipinski definition) is 5. The normalized spacial score (nSPS) is 11.0. The molecule has 0 saturated carbocycles. The predicted molar refractivity (Wildman–Crippen MR) is 94.8 cm³/mol. The third kappa shape index (κ3) is 3.68. The third-order valence-electron chi connectivity index (χ3n) is 4.24. The fourth-order valence-corrected chi connectivity index (χ4v) is 2.96. The van der Waals surface area contributed by atoms with Crippen LogP contribution in [0.4, 0.5) is 0 Å². The molecule has 0 aliphatic rings. The Morgan fingerprint density at radius 3 is 2.84 bits per heavy atom. The second-order valence-electron chi connectivity index (χ2n) is 5.97. The fraction of sp³-hybridized carbons (Fsp3) is 0.368. The average Bonchev–Trinajstić information content (AvgIpc) is 3.18. The summed E-state index contributed by atoms with van der Waals surface area (Å²) in [6, 6.07) is 5.32. The van der Waals surface area contributed by atoms with Crippen molar-refractivity contribution in [2.24, 2.45) is 0 Å². The highest BCUT2D eigenvalue weighted by atomic mass is 16.5. The van der Waals surface area contributed by atoms with Crippen LogP contribution in [0.3, 0.4) is 0 Å². The molecule has 0 radical (unpaired) electrons. The second-order valence-corrected chi connectivity index (χ2v) is 5.97. The molecule has 132 valence electrons. The van der Waals surface area contributed by atoms with Gasteiger partial charge >= 0.3 is 0 Å². The van der Waals surface area contributed by atoms with Crippen LogP contribution in [0.5, 0.6) is 11.5 Å². The van der Waals surface area contributed by atoms with Gasteiger partial charge in [-0.15, -0.1) is 0 Å². The third-order valence-corrected chi connectivity index (χ3v) is 4.24. The molecule has 0 aliphatic heterocycles. The van der Waals surface area contributed by atoms with Gasteiger partial charge in [0.25, 0.3) is 0 Å². The molecular formula is C19H23N3O3. The molecule has 2 aromatic heterocycles. The van der Waals surface area contributed by atoms with Gasteiger partial charge in [-0.1, -0.05) is 5.16 Å². The lowest BCUT2D eigenvalue weighted by atomic mass is 10.1. The van der Waals surface area contributed by atoms with E-state index in [9.17, 15) is 5.11 Å². The minimum Gasteiger partial charge on any atom is -0.504 e. The first-order valence-electron chi connectivity index (χ1n) is 8.49. The molecule has 0 atom stereocenters. The molecule has 0 amide bonds. The quantitative estimate of drug-likeness (QED) is 0.706. The summed E-state index contributed by atoms with van der Waals surface area (Å²) in [5.41, 5.74) is 3.07. The Bertz CT molecular complexity index is 832. The highest BCUT2D eigenvalue weighted by molar-refractivity contribution is 5.61. The molecule has 3 aromatic rings. The Hall–Kier alpha value is -2.76. The number of rotatable bonds is 7. The first-order chi connectivity index (χ1) is 12.1. The Morgan fingerprint density at radius 2 is 2.12 bits per heavy atom. The monoisotopic (exact) mass is 341 g/mol. The van der Waals surface area contributed by atoms with Crippen LogP contribution < -0.4 is 4.74 Å². The van der Waals surface area contributed by atoms with E-state index in [1.807, 2.05) is 39.1 Å². The SMILES string of the molecule is CCOc1cc(-c2nccn2CCCc2c(C)noc2C)ccc1O. The summed E-state index contributed by atoms with van der Waals surface area (Å²) in [5.74, 6) is 2.37. The Labute approximate surface area is 147 Å². The average molecular weight is 341 g/mol. The lowest BCUT2D eigenvalue weighted by molar-refractivity contribution is 0.318. The molecule has 0 spiro atoms. The zero-order valence-corrected chi connectivity index (χ0v) is 14.8. The number of imidazole rings is 1. The Balaban J connectivity index is 1.73. The van der Waals surface area contributed by atoms with Gasteiger partial charge in [0.1, 0.15) is 11.6 Å². The van der Waals surface area contributed by atoms with E-state index in [1.54, 1.807) is 12.3 Å². The van der Waals surface area contributed by atoms with Gasteiger partial charge in [0.05, 0.1) is 12.3 Å². The highest BCUT2D eigenvalue weighted by Gasteiger charge is 2.12. The van der Waals surface area contributed by atoms with E-state index < -0.39 is 0 Å². The van der Waals surface area contributed by atoms with Gasteiger partial charge in [-0.2, -0.15) is 0 Å². The topological polar surface area (TPSA) is 73.3 Å². The van der Waals surface area contributed by atoms with Gasteiger partial charge in [0.2, 0.25) is 0 Å². The first kappa shape index (κ1) is 17.1. The number of hydrogen-bond donors (Lipinski definition) is 1. The molecule has 25 heavy (non-hydrogen) atoms. The van der Waals surface area contributed by atoms with Crippen LogP contribution in [0.25, 0.3) is 11.4 Å². The van der Waals surface area contributed by atoms with E-state index in [0.717, 1.165) is 42.2 Å². The molecule has 0 saturated heterocycles. The van der Waals surface area contributed by atoms with E-state index in [-0.39, 0.29) is 5.75 Å². The maximum absolute atomic E-state index is 9.86. The van der Waals surface area contributed by atoms with Crippen molar-refractivity contribution in [1.82, 2.24) is 14.7 Å². The van der Waals surface area contributed by atoms with Gasteiger partial charge in [-0.05, 0) is 51.8 Å². The van der Waals surface area contributed by atoms with Crippen molar-refractivity contribution in [2.75, 3.05) is 6.61 Å². The van der Waals surface area contributed by atoms with Crippen molar-refractivity contribution < 1.29 is 14.4 Å². The van der Waals surface area contributed by atoms with E-state index in [2.05, 4.69) is 14.7 Å². The number of nitrogens with zero attached hydrogens (tertiary/aromatic N) is 3. The van der Waals surface area contributed by atoms with Gasteiger partial charge in [0, 0.05) is 30.1 Å². The summed E-state index contributed by atoms with van der Waals surface area (Å²) in [7, 11) is 0. The number of ether oxygens (including phenoxy) is 1. The number of benzene rings is 1. The van der Waals surface area contributed by atoms with Gasteiger partial charge < -0.3 is 18.9 Å². The smallest absolute Gasteiger partial charge is 0.161 e. The van der Waals surface area contributed by atoms with Crippen LogP contribution in [-0.2, 0) is 13.0 Å². The molecule has 3 rings (SSSR count). The molecule has 1 aromatic carbocycles. The summed E-state index contributed by atoms with van der Waals surface area (Å²) in [5, 5.41) is 13.9. The first-order valence-corrected chi connectivity index (χ1v) is 8.49. The zero-order valence-electron chi connectivity index (χ0n) is 14.8. The van der Waals surface area contributed by atoms with E-state index in [1.165, 1.54) is 5.56 Å². The number of phenolic OH excluding ortho intramolecular Hbond substituents is 1. The number of aryl methyl sites for hydroxylation is 3. The van der Waals surface area contributed by atoms with Crippen LogP contribution >= 0.6 is 0 Å². The molecule has 6 nitrogen and oxygen atoms in total. The maximum Gasteiger partial charge on any atom is 0.161 e. The number of phenols is 1. The molecular weight excluding hydrogens is 318 g/mol. The number of aromatic hydroxyl groups is 1. The maximum atomic E-state index is 9.86. The molecule has 0 fully saturated rings. The molecule has 0 aliphatic carbocycles. The Kier molecular flexibility index (Phi) is 5.07. The molecule has 0 unspecified atom stereocenters. The van der Waals surface area contributed by atoms with Gasteiger partial charge in [0.15, 0.2) is 11.5 Å². The molecule has 1 N–H and O–H groups in total. The summed E-state index contributed by atoms with van der Waals surface area (Å²) >= 11 is 0. The predicted octanol–water partition coefficient (Wildman–Crippen LogP) is 3.89. The largest absolute Gasteiger partial charge is 0.504 e. The fourth-order valence-electron chi connectivity index (χ4n) is 2.96. The van der Waals surface area contributed by atoms with Crippen LogP contribution in [-0.4, -0.2) is 26.4 Å². The lowest BCUT2D eigenvalue weighted by Crippen LogP contribution is -2.02. The summed E-state index contributed by atoms with van der Waals surface area (Å²) in [6.07, 6.45) is 5.63. The van der Waals surface area contributed by atoms with E-state index in [0.29, 0.717) is 12.4 Å². The van der Waals surface area contributed by atoms with E-state index in [4.69, 9.17) is 9.26 Å². The standard InChI is InChI=1S/C19H23N3O3/c1-4-24-18-12-15(7-8-17(18)23)19-20-9-11-22(19)10-5-6-16-13(2)21-25-14(16)3/h7-9,11-12,23H,4-6,10H2,1-3H3. The second kappa shape index (κ2) is 7.42. The van der Waals surface area contributed by atoms with Gasteiger partial charge in [-0.3, -0.25) is 0 Å². The number of aromatic nitrogens is 3. The Morgan fingerprint density at radius 1 is 1.28 bits per heavy atom. The van der Waals surface area contributed by atoms with Gasteiger partial charge in [-0.25, -0.2) is 4.98 Å². The summed E-state index contributed by atoms with van der Waals surface area (Å²) < 4.78 is 12.8. The van der Waals surface area contributed by atoms with Crippen molar-refractivity contribution in [3.8, 4) is 22.9 Å². The molecule has 2 heterocycles. The lowest BCUT2D eigenvalue weighted by Gasteiger charge is -2.11.